The zero-order chi connectivity index (χ0) is 23.2. The zero-order valence-corrected chi connectivity index (χ0v) is 18.8. The molecule has 0 spiro atoms. The Kier molecular flexibility index (Phi) is 7.40. The molecule has 2 aromatic carbocycles. The number of hydrogen-bond acceptors (Lipinski definition) is 4. The summed E-state index contributed by atoms with van der Waals surface area (Å²) in [5.74, 6) is -2.58. The minimum absolute atomic E-state index is 0.108. The van der Waals surface area contributed by atoms with Gasteiger partial charge in [0.25, 0.3) is 5.91 Å². The lowest BCUT2D eigenvalue weighted by molar-refractivity contribution is -0.147. The fourth-order valence-electron chi connectivity index (χ4n) is 4.87. The molecule has 7 heteroatoms. The van der Waals surface area contributed by atoms with E-state index in [0.29, 0.717) is 37.2 Å². The first-order valence-electron chi connectivity index (χ1n) is 11.7. The largest absolute Gasteiger partial charge is 0.481 e. The lowest BCUT2D eigenvalue weighted by Crippen LogP contribution is -2.48. The minimum Gasteiger partial charge on any atom is -0.481 e. The third-order valence-corrected chi connectivity index (χ3v) is 6.74. The lowest BCUT2D eigenvalue weighted by Gasteiger charge is -2.35. The van der Waals surface area contributed by atoms with Crippen LogP contribution in [0.4, 0.5) is 5.69 Å². The van der Waals surface area contributed by atoms with Crippen molar-refractivity contribution in [2.24, 2.45) is 11.8 Å². The molecule has 2 fully saturated rings. The number of rotatable bonds is 6. The molecule has 7 nitrogen and oxygen atoms in total. The fraction of sp³-hybridized carbons (Fsp3) is 0.423. The Labute approximate surface area is 194 Å². The Hall–Kier alpha value is -3.19. The van der Waals surface area contributed by atoms with Crippen LogP contribution in [0.25, 0.3) is 0 Å². The summed E-state index contributed by atoms with van der Waals surface area (Å²) in [5, 5.41) is 12.4. The quantitative estimate of drug-likeness (QED) is 0.705. The SMILES string of the molecule is O=C(Nc1ccccc1C(=O)N1CCN(Cc2ccccc2)CC1)[C@H]1CCCC[C@H]1C(=O)O. The van der Waals surface area contributed by atoms with Gasteiger partial charge in [0, 0.05) is 32.7 Å². The van der Waals surface area contributed by atoms with E-state index in [-0.39, 0.29) is 11.8 Å². The molecule has 2 aliphatic rings. The predicted octanol–water partition coefficient (Wildman–Crippen LogP) is 3.47. The zero-order valence-electron chi connectivity index (χ0n) is 18.8. The molecule has 1 saturated heterocycles. The van der Waals surface area contributed by atoms with Crippen LogP contribution >= 0.6 is 0 Å². The number of anilines is 1. The van der Waals surface area contributed by atoms with Crippen LogP contribution < -0.4 is 5.32 Å². The van der Waals surface area contributed by atoms with Crippen molar-refractivity contribution in [1.82, 2.24) is 9.80 Å². The van der Waals surface area contributed by atoms with E-state index in [2.05, 4.69) is 22.3 Å². The molecular formula is C26H31N3O4. The Bertz CT molecular complexity index is 986. The van der Waals surface area contributed by atoms with Crippen LogP contribution in [0.1, 0.15) is 41.6 Å². The van der Waals surface area contributed by atoms with E-state index >= 15 is 0 Å². The molecule has 1 saturated carbocycles. The van der Waals surface area contributed by atoms with E-state index in [4.69, 9.17) is 0 Å². The van der Waals surface area contributed by atoms with Gasteiger partial charge < -0.3 is 15.3 Å². The second-order valence-corrected chi connectivity index (χ2v) is 8.92. The van der Waals surface area contributed by atoms with E-state index < -0.39 is 17.8 Å². The van der Waals surface area contributed by atoms with Gasteiger partial charge in [-0.1, -0.05) is 55.3 Å². The Morgan fingerprint density at radius 2 is 1.48 bits per heavy atom. The van der Waals surface area contributed by atoms with Crippen LogP contribution in [0.5, 0.6) is 0 Å². The molecule has 33 heavy (non-hydrogen) atoms. The summed E-state index contributed by atoms with van der Waals surface area (Å²) in [4.78, 5) is 42.0. The van der Waals surface area contributed by atoms with Gasteiger partial charge in [0.05, 0.1) is 23.1 Å². The highest BCUT2D eigenvalue weighted by atomic mass is 16.4. The molecule has 0 radical (unpaired) electrons. The molecule has 174 valence electrons. The summed E-state index contributed by atoms with van der Waals surface area (Å²) < 4.78 is 0. The van der Waals surface area contributed by atoms with Gasteiger partial charge in [0.15, 0.2) is 0 Å². The van der Waals surface area contributed by atoms with Crippen LogP contribution in [0, 0.1) is 11.8 Å². The van der Waals surface area contributed by atoms with Gasteiger partial charge in [0.2, 0.25) is 5.91 Å². The molecule has 2 N–H and O–H groups in total. The van der Waals surface area contributed by atoms with Crippen LogP contribution in [-0.4, -0.2) is 58.9 Å². The van der Waals surface area contributed by atoms with Crippen molar-refractivity contribution < 1.29 is 19.5 Å². The number of piperazine rings is 1. The maximum absolute atomic E-state index is 13.3. The number of amides is 2. The third-order valence-electron chi connectivity index (χ3n) is 6.74. The number of benzene rings is 2. The predicted molar refractivity (Wildman–Crippen MR) is 126 cm³/mol. The van der Waals surface area contributed by atoms with Crippen LogP contribution in [0.15, 0.2) is 54.6 Å². The van der Waals surface area contributed by atoms with E-state index in [1.165, 1.54) is 5.56 Å². The van der Waals surface area contributed by atoms with Gasteiger partial charge in [-0.05, 0) is 30.5 Å². The number of nitrogens with one attached hydrogen (secondary N) is 1. The van der Waals surface area contributed by atoms with Gasteiger partial charge in [-0.25, -0.2) is 0 Å². The normalized spacial score (nSPS) is 21.4. The molecule has 2 amide bonds. The monoisotopic (exact) mass is 449 g/mol. The summed E-state index contributed by atoms with van der Waals surface area (Å²) in [6.45, 7) is 3.69. The maximum Gasteiger partial charge on any atom is 0.307 e. The summed E-state index contributed by atoms with van der Waals surface area (Å²) in [6, 6.07) is 17.3. The van der Waals surface area contributed by atoms with Gasteiger partial charge in [-0.3, -0.25) is 19.3 Å². The molecule has 1 heterocycles. The number of carboxylic acids is 1. The first-order valence-corrected chi connectivity index (χ1v) is 11.7. The Morgan fingerprint density at radius 1 is 0.848 bits per heavy atom. The minimum atomic E-state index is -0.924. The molecule has 4 rings (SSSR count). The number of carboxylic acid groups (broad SMARTS) is 1. The maximum atomic E-state index is 13.3. The van der Waals surface area contributed by atoms with E-state index in [1.807, 2.05) is 23.1 Å². The summed E-state index contributed by atoms with van der Waals surface area (Å²) in [6.07, 6.45) is 2.74. The molecule has 0 bridgehead atoms. The second kappa shape index (κ2) is 10.6. The number of hydrogen-bond donors (Lipinski definition) is 2. The number of aliphatic carboxylic acids is 1. The second-order valence-electron chi connectivity index (χ2n) is 8.92. The van der Waals surface area contributed by atoms with Crippen molar-refractivity contribution in [3.8, 4) is 0 Å². The van der Waals surface area contributed by atoms with Gasteiger partial charge in [0.1, 0.15) is 0 Å². The molecule has 0 aromatic heterocycles. The molecular weight excluding hydrogens is 418 g/mol. The van der Waals surface area contributed by atoms with E-state index in [0.717, 1.165) is 32.5 Å². The average Bonchev–Trinajstić information content (AvgIpc) is 2.85. The first kappa shape index (κ1) is 23.0. The number of nitrogens with zero attached hydrogens (tertiary/aromatic N) is 2. The van der Waals surface area contributed by atoms with Gasteiger partial charge in [-0.2, -0.15) is 0 Å². The van der Waals surface area contributed by atoms with Crippen LogP contribution in [0.2, 0.25) is 0 Å². The number of carbonyl (C=O) groups excluding carboxylic acids is 2. The topological polar surface area (TPSA) is 90.0 Å². The molecule has 1 aliphatic heterocycles. The fourth-order valence-corrected chi connectivity index (χ4v) is 4.87. The third kappa shape index (κ3) is 5.60. The highest BCUT2D eigenvalue weighted by molar-refractivity contribution is 6.04. The van der Waals surface area contributed by atoms with E-state index in [9.17, 15) is 19.5 Å². The Morgan fingerprint density at radius 3 is 2.18 bits per heavy atom. The highest BCUT2D eigenvalue weighted by Crippen LogP contribution is 2.32. The number of carbonyl (C=O) groups is 3. The van der Waals surface area contributed by atoms with Crippen molar-refractivity contribution in [2.75, 3.05) is 31.5 Å². The van der Waals surface area contributed by atoms with Crippen molar-refractivity contribution in [3.05, 3.63) is 65.7 Å². The number of para-hydroxylation sites is 1. The average molecular weight is 450 g/mol. The van der Waals surface area contributed by atoms with Crippen molar-refractivity contribution in [1.29, 1.82) is 0 Å². The summed E-state index contributed by atoms with van der Waals surface area (Å²) in [5.41, 5.74) is 2.16. The molecule has 1 aliphatic carbocycles. The van der Waals surface area contributed by atoms with E-state index in [1.54, 1.807) is 24.3 Å². The van der Waals surface area contributed by atoms with Crippen molar-refractivity contribution in [3.63, 3.8) is 0 Å². The Balaban J connectivity index is 1.39. The van der Waals surface area contributed by atoms with Crippen molar-refractivity contribution in [2.45, 2.75) is 32.2 Å². The van der Waals surface area contributed by atoms with Crippen molar-refractivity contribution >= 4 is 23.5 Å². The summed E-state index contributed by atoms with van der Waals surface area (Å²) in [7, 11) is 0. The summed E-state index contributed by atoms with van der Waals surface area (Å²) >= 11 is 0. The first-order chi connectivity index (χ1) is 16.0. The molecule has 2 aromatic rings. The van der Waals surface area contributed by atoms with Gasteiger partial charge in [-0.15, -0.1) is 0 Å². The van der Waals surface area contributed by atoms with Crippen LogP contribution in [0.3, 0.4) is 0 Å². The standard InChI is InChI=1S/C26H31N3O4/c30-24(20-10-4-5-11-21(20)26(32)33)27-23-13-7-6-12-22(23)25(31)29-16-14-28(15-17-29)18-19-8-2-1-3-9-19/h1-3,6-9,12-13,20-21H,4-5,10-11,14-18H2,(H,27,30)(H,32,33)/t20-,21+/m0/s1. The highest BCUT2D eigenvalue weighted by Gasteiger charge is 2.36. The van der Waals surface area contributed by atoms with Gasteiger partial charge >= 0.3 is 5.97 Å². The molecule has 0 unspecified atom stereocenters. The molecule has 2 atom stereocenters. The van der Waals surface area contributed by atoms with Crippen LogP contribution in [-0.2, 0) is 16.1 Å². The lowest BCUT2D eigenvalue weighted by atomic mass is 9.78. The smallest absolute Gasteiger partial charge is 0.307 e.